The summed E-state index contributed by atoms with van der Waals surface area (Å²) in [7, 11) is 0. The standard InChI is InChI=1S/C19H21Br/c1-14(17-11-12-17)19(20)18-9-7-16(8-10-18)13-15-5-3-2-4-6-15/h2-10,14,17,19H,11-13H2,1H3. The lowest BCUT2D eigenvalue weighted by Gasteiger charge is -2.18. The van der Waals surface area contributed by atoms with Crippen LogP contribution in [0.15, 0.2) is 54.6 Å². The average molecular weight is 329 g/mol. The Hall–Kier alpha value is -1.08. The summed E-state index contributed by atoms with van der Waals surface area (Å²) in [6.45, 7) is 2.37. The van der Waals surface area contributed by atoms with Gasteiger partial charge in [0.05, 0.1) is 0 Å². The van der Waals surface area contributed by atoms with Crippen LogP contribution in [-0.4, -0.2) is 0 Å². The van der Waals surface area contributed by atoms with Gasteiger partial charge in [0.2, 0.25) is 0 Å². The minimum Gasteiger partial charge on any atom is -0.0836 e. The lowest BCUT2D eigenvalue weighted by molar-refractivity contribution is 0.503. The van der Waals surface area contributed by atoms with E-state index in [2.05, 4.69) is 77.5 Å². The van der Waals surface area contributed by atoms with E-state index in [0.717, 1.165) is 18.3 Å². The molecule has 0 heterocycles. The molecule has 2 atom stereocenters. The Morgan fingerprint density at radius 2 is 1.55 bits per heavy atom. The van der Waals surface area contributed by atoms with E-state index >= 15 is 0 Å². The Morgan fingerprint density at radius 1 is 0.950 bits per heavy atom. The first-order chi connectivity index (χ1) is 9.74. The smallest absolute Gasteiger partial charge is 0.0423 e. The number of alkyl halides is 1. The molecule has 2 unspecified atom stereocenters. The summed E-state index contributed by atoms with van der Waals surface area (Å²) < 4.78 is 0. The molecule has 0 amide bonds. The van der Waals surface area contributed by atoms with E-state index in [-0.39, 0.29) is 0 Å². The van der Waals surface area contributed by atoms with Crippen molar-refractivity contribution in [1.82, 2.24) is 0 Å². The Morgan fingerprint density at radius 3 is 2.15 bits per heavy atom. The first-order valence-corrected chi connectivity index (χ1v) is 8.42. The number of hydrogen-bond acceptors (Lipinski definition) is 0. The van der Waals surface area contributed by atoms with E-state index < -0.39 is 0 Å². The fourth-order valence-electron chi connectivity index (χ4n) is 2.82. The predicted molar refractivity (Wildman–Crippen MR) is 89.2 cm³/mol. The topological polar surface area (TPSA) is 0 Å². The monoisotopic (exact) mass is 328 g/mol. The summed E-state index contributed by atoms with van der Waals surface area (Å²) in [4.78, 5) is 0.501. The van der Waals surface area contributed by atoms with Crippen LogP contribution in [0.3, 0.4) is 0 Å². The van der Waals surface area contributed by atoms with Crippen molar-refractivity contribution in [2.24, 2.45) is 11.8 Å². The molecule has 0 bridgehead atoms. The average Bonchev–Trinajstić information content (AvgIpc) is 3.32. The van der Waals surface area contributed by atoms with Crippen LogP contribution in [0.1, 0.15) is 41.3 Å². The van der Waals surface area contributed by atoms with Crippen LogP contribution in [-0.2, 0) is 6.42 Å². The predicted octanol–water partition coefficient (Wildman–Crippen LogP) is 5.76. The Kier molecular flexibility index (Phi) is 4.26. The van der Waals surface area contributed by atoms with E-state index in [4.69, 9.17) is 0 Å². The van der Waals surface area contributed by atoms with Crippen molar-refractivity contribution >= 4 is 15.9 Å². The SMILES string of the molecule is CC(C1CC1)C(Br)c1ccc(Cc2ccccc2)cc1. The zero-order chi connectivity index (χ0) is 13.9. The lowest BCUT2D eigenvalue weighted by Crippen LogP contribution is -2.05. The number of benzene rings is 2. The molecule has 104 valence electrons. The second kappa shape index (κ2) is 6.13. The van der Waals surface area contributed by atoms with Gasteiger partial charge in [-0.15, -0.1) is 0 Å². The minimum atomic E-state index is 0.501. The van der Waals surface area contributed by atoms with Crippen LogP contribution in [0.2, 0.25) is 0 Å². The molecule has 20 heavy (non-hydrogen) atoms. The van der Waals surface area contributed by atoms with Gasteiger partial charge in [-0.1, -0.05) is 77.5 Å². The fourth-order valence-corrected chi connectivity index (χ4v) is 3.55. The molecule has 0 spiro atoms. The van der Waals surface area contributed by atoms with E-state index in [1.165, 1.54) is 29.5 Å². The summed E-state index contributed by atoms with van der Waals surface area (Å²) in [6, 6.07) is 19.8. The molecular formula is C19H21Br. The molecule has 1 aliphatic rings. The Labute approximate surface area is 130 Å². The molecule has 1 fully saturated rings. The van der Waals surface area contributed by atoms with Gasteiger partial charge in [-0.25, -0.2) is 0 Å². The van der Waals surface area contributed by atoms with Gasteiger partial charge in [0.15, 0.2) is 0 Å². The lowest BCUT2D eigenvalue weighted by atomic mass is 9.95. The Bertz CT molecular complexity index is 540. The summed E-state index contributed by atoms with van der Waals surface area (Å²) in [5.41, 5.74) is 4.18. The second-order valence-corrected chi connectivity index (χ2v) is 6.99. The summed E-state index contributed by atoms with van der Waals surface area (Å²) >= 11 is 3.88. The molecule has 1 aliphatic carbocycles. The molecule has 1 heteroatoms. The zero-order valence-electron chi connectivity index (χ0n) is 11.9. The maximum absolute atomic E-state index is 3.88. The molecule has 3 rings (SSSR count). The number of halogens is 1. The first-order valence-electron chi connectivity index (χ1n) is 7.51. The normalized spacial score (nSPS) is 17.7. The fraction of sp³-hybridized carbons (Fsp3) is 0.368. The zero-order valence-corrected chi connectivity index (χ0v) is 13.5. The quantitative estimate of drug-likeness (QED) is 0.612. The van der Waals surface area contributed by atoms with Crippen molar-refractivity contribution < 1.29 is 0 Å². The van der Waals surface area contributed by atoms with Gasteiger partial charge in [0, 0.05) is 4.83 Å². The summed E-state index contributed by atoms with van der Waals surface area (Å²) in [5, 5.41) is 0. The van der Waals surface area contributed by atoms with Crippen molar-refractivity contribution in [3.05, 3.63) is 71.3 Å². The Balaban J connectivity index is 1.68. The molecule has 1 saturated carbocycles. The van der Waals surface area contributed by atoms with Crippen LogP contribution in [0.5, 0.6) is 0 Å². The van der Waals surface area contributed by atoms with Gasteiger partial charge in [-0.05, 0) is 47.8 Å². The van der Waals surface area contributed by atoms with Gasteiger partial charge < -0.3 is 0 Å². The molecular weight excluding hydrogens is 308 g/mol. The molecule has 0 N–H and O–H groups in total. The molecule has 2 aromatic rings. The van der Waals surface area contributed by atoms with E-state index in [0.29, 0.717) is 4.83 Å². The van der Waals surface area contributed by atoms with Crippen LogP contribution in [0.25, 0.3) is 0 Å². The molecule has 0 aromatic heterocycles. The highest BCUT2D eigenvalue weighted by molar-refractivity contribution is 9.09. The van der Waals surface area contributed by atoms with Gasteiger partial charge in [0.25, 0.3) is 0 Å². The van der Waals surface area contributed by atoms with Crippen molar-refractivity contribution in [2.45, 2.75) is 31.0 Å². The largest absolute Gasteiger partial charge is 0.0836 e. The van der Waals surface area contributed by atoms with Gasteiger partial charge in [-0.3, -0.25) is 0 Å². The second-order valence-electron chi connectivity index (χ2n) is 6.00. The highest BCUT2D eigenvalue weighted by atomic mass is 79.9. The van der Waals surface area contributed by atoms with E-state index in [1.807, 2.05) is 0 Å². The molecule has 0 nitrogen and oxygen atoms in total. The highest BCUT2D eigenvalue weighted by Crippen LogP contribution is 2.46. The van der Waals surface area contributed by atoms with Crippen molar-refractivity contribution in [3.63, 3.8) is 0 Å². The van der Waals surface area contributed by atoms with Crippen LogP contribution >= 0.6 is 15.9 Å². The maximum Gasteiger partial charge on any atom is 0.0423 e. The van der Waals surface area contributed by atoms with E-state index in [9.17, 15) is 0 Å². The molecule has 0 radical (unpaired) electrons. The van der Waals surface area contributed by atoms with Gasteiger partial charge >= 0.3 is 0 Å². The number of rotatable bonds is 5. The molecule has 2 aromatic carbocycles. The molecule has 0 aliphatic heterocycles. The van der Waals surface area contributed by atoms with Crippen molar-refractivity contribution in [2.75, 3.05) is 0 Å². The minimum absolute atomic E-state index is 0.501. The van der Waals surface area contributed by atoms with Gasteiger partial charge in [-0.2, -0.15) is 0 Å². The third-order valence-corrected chi connectivity index (χ3v) is 5.74. The van der Waals surface area contributed by atoms with E-state index in [1.54, 1.807) is 0 Å². The third kappa shape index (κ3) is 3.32. The third-order valence-electron chi connectivity index (χ3n) is 4.38. The van der Waals surface area contributed by atoms with Crippen LogP contribution < -0.4 is 0 Å². The summed E-state index contributed by atoms with van der Waals surface area (Å²) in [6.07, 6.45) is 3.84. The van der Waals surface area contributed by atoms with Crippen molar-refractivity contribution in [3.8, 4) is 0 Å². The van der Waals surface area contributed by atoms with Crippen molar-refractivity contribution in [1.29, 1.82) is 0 Å². The number of hydrogen-bond donors (Lipinski definition) is 0. The first kappa shape index (κ1) is 13.9. The maximum atomic E-state index is 3.88. The molecule has 0 saturated heterocycles. The summed E-state index contributed by atoms with van der Waals surface area (Å²) in [5.74, 6) is 1.68. The van der Waals surface area contributed by atoms with Crippen LogP contribution in [0, 0.1) is 11.8 Å². The van der Waals surface area contributed by atoms with Crippen LogP contribution in [0.4, 0.5) is 0 Å². The highest BCUT2D eigenvalue weighted by Gasteiger charge is 2.32. The van der Waals surface area contributed by atoms with Gasteiger partial charge in [0.1, 0.15) is 0 Å².